The molecule has 142 valence electrons. The number of nitrogens with two attached hydrogens (primary N) is 1. The van der Waals surface area contributed by atoms with Gasteiger partial charge in [0, 0.05) is 45.7 Å². The molecule has 0 amide bonds. The van der Waals surface area contributed by atoms with Crippen LogP contribution in [-0.4, -0.2) is 19.4 Å². The lowest BCUT2D eigenvalue weighted by Gasteiger charge is -2.48. The third kappa shape index (κ3) is 3.33. The molecule has 1 aliphatic carbocycles. The van der Waals surface area contributed by atoms with Gasteiger partial charge in [-0.05, 0) is 60.4 Å². The molecule has 1 spiro atoms. The molecule has 27 heavy (non-hydrogen) atoms. The third-order valence-electron chi connectivity index (χ3n) is 6.12. The van der Waals surface area contributed by atoms with Gasteiger partial charge in [0.05, 0.1) is 5.84 Å². The predicted molar refractivity (Wildman–Crippen MR) is 121 cm³/mol. The van der Waals surface area contributed by atoms with Crippen molar-refractivity contribution in [3.8, 4) is 0 Å². The van der Waals surface area contributed by atoms with Gasteiger partial charge in [-0.2, -0.15) is 0 Å². The van der Waals surface area contributed by atoms with Gasteiger partial charge in [0.25, 0.3) is 0 Å². The maximum atomic E-state index is 6.02. The first-order valence-electron chi connectivity index (χ1n) is 9.64. The van der Waals surface area contributed by atoms with E-state index in [1.54, 1.807) is 7.05 Å². The molecule has 2 aromatic carbocycles. The van der Waals surface area contributed by atoms with E-state index < -0.39 is 0 Å². The molecular weight excluding hydrogens is 466 g/mol. The van der Waals surface area contributed by atoms with Gasteiger partial charge in [0.15, 0.2) is 0 Å². The molecule has 5 heteroatoms. The first-order valence-corrected chi connectivity index (χ1v) is 11.2. The average molecular weight is 491 g/mol. The van der Waals surface area contributed by atoms with Crippen LogP contribution in [0.1, 0.15) is 49.7 Å². The van der Waals surface area contributed by atoms with Crippen molar-refractivity contribution in [2.24, 2.45) is 10.7 Å². The van der Waals surface area contributed by atoms with Crippen molar-refractivity contribution in [3.05, 3.63) is 56.5 Å². The van der Waals surface area contributed by atoms with Gasteiger partial charge in [-0.1, -0.05) is 51.1 Å². The normalized spacial score (nSPS) is 18.3. The van der Waals surface area contributed by atoms with E-state index in [9.17, 15) is 0 Å². The van der Waals surface area contributed by atoms with Crippen molar-refractivity contribution < 1.29 is 0 Å². The second kappa shape index (κ2) is 7.59. The van der Waals surface area contributed by atoms with E-state index in [2.05, 4.69) is 78.2 Å². The molecule has 1 saturated carbocycles. The van der Waals surface area contributed by atoms with Crippen LogP contribution < -0.4 is 10.6 Å². The van der Waals surface area contributed by atoms with E-state index in [4.69, 9.17) is 5.73 Å². The van der Waals surface area contributed by atoms with Crippen LogP contribution in [0.3, 0.4) is 0 Å². The van der Waals surface area contributed by atoms with Crippen molar-refractivity contribution in [3.63, 3.8) is 0 Å². The summed E-state index contributed by atoms with van der Waals surface area (Å²) in [5.74, 6) is 0.699. The Morgan fingerprint density at radius 3 is 2.07 bits per heavy atom. The van der Waals surface area contributed by atoms with Crippen LogP contribution in [0.5, 0.6) is 0 Å². The Labute approximate surface area is 178 Å². The van der Waals surface area contributed by atoms with Crippen molar-refractivity contribution in [1.29, 1.82) is 0 Å². The fourth-order valence-corrected chi connectivity index (χ4v) is 5.52. The van der Waals surface area contributed by atoms with Gasteiger partial charge in [-0.25, -0.2) is 0 Å². The first kappa shape index (κ1) is 19.0. The van der Waals surface area contributed by atoms with Crippen molar-refractivity contribution in [2.75, 3.05) is 18.5 Å². The highest BCUT2D eigenvalue weighted by Gasteiger charge is 2.43. The van der Waals surface area contributed by atoms with Gasteiger partial charge in [0.2, 0.25) is 0 Å². The van der Waals surface area contributed by atoms with Crippen LogP contribution in [0.2, 0.25) is 0 Å². The minimum Gasteiger partial charge on any atom is -0.387 e. The van der Waals surface area contributed by atoms with E-state index in [1.165, 1.54) is 54.6 Å². The Bertz CT molecular complexity index is 830. The van der Waals surface area contributed by atoms with Gasteiger partial charge in [-0.15, -0.1) is 0 Å². The number of hydrogen-bond acceptors (Lipinski definition) is 2. The van der Waals surface area contributed by atoms with Gasteiger partial charge < -0.3 is 10.6 Å². The molecule has 2 aliphatic rings. The molecule has 0 saturated heterocycles. The Balaban J connectivity index is 1.91. The van der Waals surface area contributed by atoms with Crippen LogP contribution in [0.15, 0.2) is 50.3 Å². The van der Waals surface area contributed by atoms with E-state index >= 15 is 0 Å². The third-order valence-corrected chi connectivity index (χ3v) is 7.10. The summed E-state index contributed by atoms with van der Waals surface area (Å²) < 4.78 is 2.30. The maximum absolute atomic E-state index is 6.02. The van der Waals surface area contributed by atoms with Gasteiger partial charge in [-0.3, -0.25) is 4.99 Å². The molecule has 1 aliphatic heterocycles. The molecule has 0 unspecified atom stereocenters. The summed E-state index contributed by atoms with van der Waals surface area (Å²) >= 11 is 7.44. The van der Waals surface area contributed by atoms with Gasteiger partial charge in [0.1, 0.15) is 0 Å². The maximum Gasteiger partial charge on any atom is 0.0951 e. The second-order valence-electron chi connectivity index (χ2n) is 7.58. The number of hydrogen-bond donors (Lipinski definition) is 1. The predicted octanol–water partition coefficient (Wildman–Crippen LogP) is 6.29. The number of rotatable bonds is 3. The minimum absolute atomic E-state index is 0.108. The van der Waals surface area contributed by atoms with Crippen molar-refractivity contribution >= 4 is 49.1 Å². The minimum atomic E-state index is 0.108. The molecule has 3 nitrogen and oxygen atoms in total. The smallest absolute Gasteiger partial charge is 0.0951 e. The molecule has 2 aromatic rings. The number of aliphatic imine (C=N–C) groups is 1. The summed E-state index contributed by atoms with van der Waals surface area (Å²) in [5, 5.41) is 0. The summed E-state index contributed by atoms with van der Waals surface area (Å²) in [5.41, 5.74) is 11.7. The summed E-state index contributed by atoms with van der Waals surface area (Å²) in [6.07, 6.45) is 7.09. The highest BCUT2D eigenvalue weighted by molar-refractivity contribution is 9.10. The van der Waals surface area contributed by atoms with E-state index in [0.717, 1.165) is 21.9 Å². The molecule has 2 N–H and O–H groups in total. The summed E-state index contributed by atoms with van der Waals surface area (Å²) in [6, 6.07) is 13.5. The monoisotopic (exact) mass is 489 g/mol. The van der Waals surface area contributed by atoms with Crippen molar-refractivity contribution in [2.45, 2.75) is 43.9 Å². The fraction of sp³-hybridized carbons (Fsp3) is 0.409. The Morgan fingerprint density at radius 2 is 1.56 bits per heavy atom. The lowest BCUT2D eigenvalue weighted by molar-refractivity contribution is 0.343. The van der Waals surface area contributed by atoms with Crippen molar-refractivity contribution in [1.82, 2.24) is 0 Å². The second-order valence-corrected chi connectivity index (χ2v) is 9.41. The van der Waals surface area contributed by atoms with Crippen LogP contribution in [-0.2, 0) is 5.41 Å². The molecule has 0 bridgehead atoms. The molecule has 1 fully saturated rings. The zero-order chi connectivity index (χ0) is 19.0. The lowest BCUT2D eigenvalue weighted by atomic mass is 9.63. The molecule has 4 rings (SSSR count). The summed E-state index contributed by atoms with van der Waals surface area (Å²) in [6.45, 7) is 0.836. The molecule has 0 atom stereocenters. The number of anilines is 2. The van der Waals surface area contributed by atoms with Gasteiger partial charge >= 0.3 is 0 Å². The average Bonchev–Trinajstić information content (AvgIpc) is 2.69. The highest BCUT2D eigenvalue weighted by atomic mass is 79.9. The Kier molecular flexibility index (Phi) is 5.34. The molecule has 0 radical (unpaired) electrons. The van der Waals surface area contributed by atoms with Crippen LogP contribution in [0, 0.1) is 0 Å². The largest absolute Gasteiger partial charge is 0.387 e. The quantitative estimate of drug-likeness (QED) is 0.405. The number of nitrogens with zero attached hydrogens (tertiary/aromatic N) is 2. The fourth-order valence-electron chi connectivity index (χ4n) is 4.80. The van der Waals surface area contributed by atoms with Crippen LogP contribution in [0.4, 0.5) is 11.4 Å². The topological polar surface area (TPSA) is 41.6 Å². The molecule has 1 heterocycles. The summed E-state index contributed by atoms with van der Waals surface area (Å²) in [7, 11) is 1.76. The number of amidine groups is 1. The first-order chi connectivity index (χ1) is 13.0. The van der Waals surface area contributed by atoms with Crippen LogP contribution in [0.25, 0.3) is 0 Å². The Morgan fingerprint density at radius 1 is 1.00 bits per heavy atom. The SMILES string of the molecule is CN=C(N)CCN1c2ccc(Br)cc2C2(CCCCC2)c2cc(Br)ccc21. The molecule has 0 aromatic heterocycles. The van der Waals surface area contributed by atoms with E-state index in [-0.39, 0.29) is 5.41 Å². The Hall–Kier alpha value is -1.33. The number of fused-ring (bicyclic) bond motifs is 4. The standard InChI is InChI=1S/C22H25Br2N3/c1-26-21(25)9-12-27-19-7-5-15(23)13-17(19)22(10-3-2-4-11-22)18-14-16(24)6-8-20(18)27/h5-8,13-14H,2-4,9-12H2,1H3,(H2,25,26). The number of benzene rings is 2. The zero-order valence-electron chi connectivity index (χ0n) is 15.6. The number of halogens is 2. The highest BCUT2D eigenvalue weighted by Crippen LogP contribution is 2.56. The lowest BCUT2D eigenvalue weighted by Crippen LogP contribution is -2.39. The summed E-state index contributed by atoms with van der Waals surface area (Å²) in [4.78, 5) is 6.58. The molecular formula is C22H25Br2N3. The van der Waals surface area contributed by atoms with E-state index in [0.29, 0.717) is 5.84 Å². The van der Waals surface area contributed by atoms with Crippen LogP contribution >= 0.6 is 31.9 Å². The zero-order valence-corrected chi connectivity index (χ0v) is 18.8. The van der Waals surface area contributed by atoms with E-state index in [1.807, 2.05) is 0 Å².